The molecule has 26 heavy (non-hydrogen) atoms. The number of primary amides is 1. The van der Waals surface area contributed by atoms with Gasteiger partial charge in [0.1, 0.15) is 10.7 Å². The van der Waals surface area contributed by atoms with E-state index >= 15 is 0 Å². The number of hydrogen-bond donors (Lipinski definition) is 2. The van der Waals surface area contributed by atoms with Crippen molar-refractivity contribution >= 4 is 26.5 Å². The Hall–Kier alpha value is -1.61. The van der Waals surface area contributed by atoms with Gasteiger partial charge in [-0.15, -0.1) is 0 Å². The van der Waals surface area contributed by atoms with Gasteiger partial charge in [-0.1, -0.05) is 17.3 Å². The summed E-state index contributed by atoms with van der Waals surface area (Å²) in [6, 6.07) is 4.34. The number of carbonyl (C=O) groups is 1. The molecule has 1 atom stereocenters. The van der Waals surface area contributed by atoms with Crippen molar-refractivity contribution in [3.8, 4) is 0 Å². The van der Waals surface area contributed by atoms with Gasteiger partial charge in [0.15, 0.2) is 0 Å². The topological polar surface area (TPSA) is 76.7 Å². The fourth-order valence-electron chi connectivity index (χ4n) is 2.85. The number of benzene rings is 1. The van der Waals surface area contributed by atoms with Crippen LogP contribution in [0.1, 0.15) is 30.4 Å². The van der Waals surface area contributed by atoms with Crippen molar-refractivity contribution in [2.45, 2.75) is 38.0 Å². The number of amides is 1. The van der Waals surface area contributed by atoms with Gasteiger partial charge in [0.25, 0.3) is 0 Å². The Morgan fingerprint density at radius 2 is 1.88 bits per heavy atom. The average Bonchev–Trinajstić information content (AvgIpc) is 3.02. The smallest absolute Gasteiger partial charge is 0.391 e. The lowest BCUT2D eigenvalue weighted by Crippen LogP contribution is -2.34. The minimum atomic E-state index is -4.34. The summed E-state index contributed by atoms with van der Waals surface area (Å²) in [6.45, 7) is 2.25. The summed E-state index contributed by atoms with van der Waals surface area (Å²) in [7, 11) is 0. The van der Waals surface area contributed by atoms with E-state index in [1.807, 2.05) is 0 Å². The van der Waals surface area contributed by atoms with Crippen LogP contribution >= 0.6 is 15.9 Å². The van der Waals surface area contributed by atoms with Crippen molar-refractivity contribution in [1.82, 2.24) is 5.32 Å². The molecule has 1 amide bonds. The molecule has 1 saturated heterocycles. The zero-order chi connectivity index (χ0) is 19.2. The summed E-state index contributed by atoms with van der Waals surface area (Å²) >= 11 is 3.35. The first-order chi connectivity index (χ1) is 12.3. The Kier molecular flexibility index (Phi) is 7.45. The lowest BCUT2D eigenvalue weighted by atomic mass is 9.91. The molecule has 3 rings (SSSR count). The number of alkyl halides is 3. The number of piperidine rings is 1. The van der Waals surface area contributed by atoms with Crippen molar-refractivity contribution in [3.63, 3.8) is 0 Å². The standard InChI is InChI=1S/C9H8F3NO.C8H13BrN2O/c10-9(11,12)7-3-1-6(2-4-7)5-8(13)14;9-8-5-7(12-11-8)6-1-3-10-4-2-6/h1-4H,5H2,(H2,13,14);6-7,10H,1-5H2. The van der Waals surface area contributed by atoms with Gasteiger partial charge in [-0.3, -0.25) is 4.79 Å². The molecular weight excluding hydrogens is 415 g/mol. The van der Waals surface area contributed by atoms with Crippen LogP contribution in [0.4, 0.5) is 13.2 Å². The Labute approximate surface area is 158 Å². The third-order valence-electron chi connectivity index (χ3n) is 4.23. The molecule has 0 bridgehead atoms. The fraction of sp³-hybridized carbons (Fsp3) is 0.529. The second-order valence-electron chi connectivity index (χ2n) is 6.24. The van der Waals surface area contributed by atoms with Crippen molar-refractivity contribution in [1.29, 1.82) is 0 Å². The molecule has 9 heteroatoms. The fourth-order valence-corrected chi connectivity index (χ4v) is 3.25. The first-order valence-electron chi connectivity index (χ1n) is 8.29. The minimum Gasteiger partial charge on any atom is -0.391 e. The van der Waals surface area contributed by atoms with Crippen LogP contribution in [0.5, 0.6) is 0 Å². The van der Waals surface area contributed by atoms with E-state index in [-0.39, 0.29) is 6.42 Å². The van der Waals surface area contributed by atoms with E-state index in [4.69, 9.17) is 10.6 Å². The first kappa shape index (κ1) is 20.7. The maximum Gasteiger partial charge on any atom is 0.416 e. The second kappa shape index (κ2) is 9.36. The highest BCUT2D eigenvalue weighted by Gasteiger charge is 2.30. The Balaban J connectivity index is 0.000000189. The molecular formula is C17H21BrF3N3O2. The molecule has 0 saturated carbocycles. The maximum absolute atomic E-state index is 12.1. The number of oxime groups is 1. The van der Waals surface area contributed by atoms with Gasteiger partial charge < -0.3 is 15.9 Å². The molecule has 1 unspecified atom stereocenters. The molecule has 0 spiro atoms. The normalized spacial score (nSPS) is 20.6. The largest absolute Gasteiger partial charge is 0.416 e. The molecule has 1 aromatic rings. The van der Waals surface area contributed by atoms with E-state index in [2.05, 4.69) is 26.4 Å². The van der Waals surface area contributed by atoms with Crippen LogP contribution in [0, 0.1) is 5.92 Å². The first-order valence-corrected chi connectivity index (χ1v) is 9.08. The number of nitrogens with zero attached hydrogens (tertiary/aromatic N) is 1. The number of hydrogen-bond acceptors (Lipinski definition) is 4. The van der Waals surface area contributed by atoms with E-state index in [1.54, 1.807) is 0 Å². The zero-order valence-electron chi connectivity index (χ0n) is 14.1. The van der Waals surface area contributed by atoms with Crippen molar-refractivity contribution < 1.29 is 22.8 Å². The molecule has 3 N–H and O–H groups in total. The average molecular weight is 436 g/mol. The Morgan fingerprint density at radius 3 is 2.35 bits per heavy atom. The minimum absolute atomic E-state index is 0.0435. The highest BCUT2D eigenvalue weighted by Crippen LogP contribution is 2.29. The summed E-state index contributed by atoms with van der Waals surface area (Å²) in [6.07, 6.45) is -0.642. The van der Waals surface area contributed by atoms with Crippen LogP contribution in [0.2, 0.25) is 0 Å². The lowest BCUT2D eigenvalue weighted by Gasteiger charge is -2.25. The molecule has 2 heterocycles. The summed E-state index contributed by atoms with van der Waals surface area (Å²) in [4.78, 5) is 15.8. The Morgan fingerprint density at radius 1 is 1.27 bits per heavy atom. The van der Waals surface area contributed by atoms with Crippen LogP contribution in [-0.2, 0) is 22.2 Å². The van der Waals surface area contributed by atoms with Crippen molar-refractivity contribution in [3.05, 3.63) is 35.4 Å². The van der Waals surface area contributed by atoms with Gasteiger partial charge in [-0.25, -0.2) is 0 Å². The van der Waals surface area contributed by atoms with Crippen molar-refractivity contribution in [2.24, 2.45) is 16.8 Å². The van der Waals surface area contributed by atoms with Crippen LogP contribution in [0.15, 0.2) is 29.4 Å². The highest BCUT2D eigenvalue weighted by molar-refractivity contribution is 9.18. The molecule has 1 fully saturated rings. The summed E-state index contributed by atoms with van der Waals surface area (Å²) < 4.78 is 37.2. The lowest BCUT2D eigenvalue weighted by molar-refractivity contribution is -0.137. The third-order valence-corrected chi connectivity index (χ3v) is 4.69. The van der Waals surface area contributed by atoms with E-state index < -0.39 is 17.6 Å². The zero-order valence-corrected chi connectivity index (χ0v) is 15.6. The molecule has 0 aromatic heterocycles. The number of halogens is 4. The summed E-state index contributed by atoms with van der Waals surface area (Å²) in [5.74, 6) is 0.134. The highest BCUT2D eigenvalue weighted by atomic mass is 79.9. The summed E-state index contributed by atoms with van der Waals surface area (Å²) in [5, 5.41) is 7.25. The molecule has 2 aliphatic rings. The van der Waals surface area contributed by atoms with Crippen LogP contribution in [0.25, 0.3) is 0 Å². The van der Waals surface area contributed by atoms with Gasteiger partial charge in [0, 0.05) is 12.3 Å². The predicted molar refractivity (Wildman–Crippen MR) is 95.8 cm³/mol. The second-order valence-corrected chi connectivity index (χ2v) is 7.16. The SMILES string of the molecule is BrC1=NOC(C2CCNCC2)C1.NC(=O)Cc1ccc(C(F)(F)F)cc1. The maximum atomic E-state index is 12.1. The van der Waals surface area contributed by atoms with E-state index in [0.29, 0.717) is 17.6 Å². The monoisotopic (exact) mass is 435 g/mol. The van der Waals surface area contributed by atoms with Crippen molar-refractivity contribution in [2.75, 3.05) is 13.1 Å². The van der Waals surface area contributed by atoms with Gasteiger partial charge in [0.2, 0.25) is 5.91 Å². The number of nitrogens with one attached hydrogen (secondary N) is 1. The Bertz CT molecular complexity index is 629. The number of nitrogens with two attached hydrogens (primary N) is 1. The van der Waals surface area contributed by atoms with Crippen LogP contribution < -0.4 is 11.1 Å². The molecule has 0 radical (unpaired) electrons. The van der Waals surface area contributed by atoms with Crippen LogP contribution in [-0.4, -0.2) is 29.7 Å². The van der Waals surface area contributed by atoms with Crippen LogP contribution in [0.3, 0.4) is 0 Å². The summed E-state index contributed by atoms with van der Waals surface area (Å²) in [5.41, 5.74) is 4.63. The number of carbonyl (C=O) groups excluding carboxylic acids is 1. The van der Waals surface area contributed by atoms with Gasteiger partial charge in [-0.2, -0.15) is 13.2 Å². The van der Waals surface area contributed by atoms with E-state index in [9.17, 15) is 18.0 Å². The quantitative estimate of drug-likeness (QED) is 0.764. The van der Waals surface area contributed by atoms with Gasteiger partial charge >= 0.3 is 6.18 Å². The van der Waals surface area contributed by atoms with Gasteiger partial charge in [0.05, 0.1) is 12.0 Å². The van der Waals surface area contributed by atoms with E-state index in [1.165, 1.54) is 25.0 Å². The molecule has 5 nitrogen and oxygen atoms in total. The van der Waals surface area contributed by atoms with Gasteiger partial charge in [-0.05, 0) is 59.6 Å². The molecule has 0 aliphatic carbocycles. The molecule has 1 aromatic carbocycles. The molecule has 144 valence electrons. The van der Waals surface area contributed by atoms with E-state index in [0.717, 1.165) is 36.3 Å². The number of rotatable bonds is 3. The third kappa shape index (κ3) is 6.60. The molecule has 2 aliphatic heterocycles. The predicted octanol–water partition coefficient (Wildman–Crippen LogP) is 3.22.